The molecule has 0 aromatic heterocycles. The van der Waals surface area contributed by atoms with Crippen molar-refractivity contribution in [3.63, 3.8) is 0 Å². The Morgan fingerprint density at radius 1 is 1.25 bits per heavy atom. The minimum Gasteiger partial charge on any atom is -0.491 e. The molecule has 1 heterocycles. The first-order chi connectivity index (χ1) is 15.5. The number of likely N-dealkylation sites (tertiary alicyclic amines) is 1. The number of nitrogens with zero attached hydrogens (tertiary/aromatic N) is 3. The van der Waals surface area contributed by atoms with E-state index in [1.807, 2.05) is 25.1 Å². The Bertz CT molecular complexity index is 1040. The van der Waals surface area contributed by atoms with E-state index in [2.05, 4.69) is 11.2 Å². The molecule has 1 unspecified atom stereocenters. The first-order valence-corrected chi connectivity index (χ1v) is 10.3. The number of methoxy groups -OCH3 is 1. The lowest BCUT2D eigenvalue weighted by atomic mass is 9.95. The number of amides is 1. The summed E-state index contributed by atoms with van der Waals surface area (Å²) in [7, 11) is 3.05. The number of carbonyl (C=O) groups is 1. The molecule has 0 spiro atoms. The molecule has 1 aliphatic heterocycles. The van der Waals surface area contributed by atoms with Crippen LogP contribution in [0.3, 0.4) is 0 Å². The van der Waals surface area contributed by atoms with Crippen LogP contribution in [0.15, 0.2) is 41.6 Å². The Labute approximate surface area is 187 Å². The highest BCUT2D eigenvalue weighted by Gasteiger charge is 2.33. The molecular weight excluding hydrogens is 410 g/mol. The van der Waals surface area contributed by atoms with E-state index >= 15 is 0 Å². The molecule has 1 amide bonds. The highest BCUT2D eigenvalue weighted by Crippen LogP contribution is 2.35. The van der Waals surface area contributed by atoms with Gasteiger partial charge in [-0.05, 0) is 42.3 Å². The predicted molar refractivity (Wildman–Crippen MR) is 120 cm³/mol. The average Bonchev–Trinajstić information content (AvgIpc) is 3.22. The number of carbonyl (C=O) groups excluding carboxylic acids is 1. The topological polar surface area (TPSA) is 104 Å². The van der Waals surface area contributed by atoms with E-state index in [4.69, 9.17) is 14.3 Å². The fraction of sp³-hybridized carbons (Fsp3) is 0.375. The van der Waals surface area contributed by atoms with Crippen LogP contribution in [0, 0.1) is 18.3 Å². The maximum atomic E-state index is 13.3. The van der Waals surface area contributed by atoms with E-state index in [1.165, 1.54) is 7.11 Å². The van der Waals surface area contributed by atoms with Gasteiger partial charge in [0.15, 0.2) is 0 Å². The van der Waals surface area contributed by atoms with Gasteiger partial charge >= 0.3 is 0 Å². The van der Waals surface area contributed by atoms with E-state index in [9.17, 15) is 15.2 Å². The Balaban J connectivity index is 1.99. The summed E-state index contributed by atoms with van der Waals surface area (Å²) in [6.45, 7) is 2.72. The summed E-state index contributed by atoms with van der Waals surface area (Å²) in [6.07, 6.45) is 0.464. The van der Waals surface area contributed by atoms with Gasteiger partial charge < -0.3 is 24.3 Å². The Hall–Kier alpha value is -3.41. The molecular formula is C24H27N3O5. The lowest BCUT2D eigenvalue weighted by molar-refractivity contribution is 0.0679. The molecule has 2 aromatic carbocycles. The van der Waals surface area contributed by atoms with Crippen LogP contribution in [0.5, 0.6) is 5.75 Å². The number of aliphatic hydroxyl groups is 1. The molecule has 1 N–H and O–H groups in total. The number of ether oxygens (including phenoxy) is 2. The van der Waals surface area contributed by atoms with Gasteiger partial charge in [0.2, 0.25) is 0 Å². The number of nitriles is 1. The van der Waals surface area contributed by atoms with E-state index in [0.29, 0.717) is 48.8 Å². The van der Waals surface area contributed by atoms with Gasteiger partial charge in [-0.2, -0.15) is 5.26 Å². The fourth-order valence-electron chi connectivity index (χ4n) is 3.82. The van der Waals surface area contributed by atoms with E-state index in [1.54, 1.807) is 30.2 Å². The molecule has 1 fully saturated rings. The summed E-state index contributed by atoms with van der Waals surface area (Å²) in [5, 5.41) is 23.1. The van der Waals surface area contributed by atoms with E-state index < -0.39 is 0 Å². The van der Waals surface area contributed by atoms with Gasteiger partial charge in [0.1, 0.15) is 19.5 Å². The third-order valence-corrected chi connectivity index (χ3v) is 5.47. The van der Waals surface area contributed by atoms with Gasteiger partial charge in [0.25, 0.3) is 5.91 Å². The lowest BCUT2D eigenvalue weighted by Gasteiger charge is -2.23. The lowest BCUT2D eigenvalue weighted by Crippen LogP contribution is -2.37. The molecule has 2 aromatic rings. The molecule has 1 atom stereocenters. The Morgan fingerprint density at radius 3 is 2.75 bits per heavy atom. The van der Waals surface area contributed by atoms with Gasteiger partial charge in [-0.15, -0.1) is 0 Å². The largest absolute Gasteiger partial charge is 0.491 e. The molecule has 1 aliphatic rings. The van der Waals surface area contributed by atoms with Crippen molar-refractivity contribution in [2.75, 3.05) is 40.6 Å². The molecule has 1 saturated heterocycles. The zero-order chi connectivity index (χ0) is 23.1. The number of hydrogen-bond acceptors (Lipinski definition) is 7. The van der Waals surface area contributed by atoms with Crippen molar-refractivity contribution in [2.45, 2.75) is 19.4 Å². The van der Waals surface area contributed by atoms with Crippen LogP contribution in [0.1, 0.15) is 27.9 Å². The normalized spacial score (nSPS) is 16.8. The number of benzene rings is 2. The monoisotopic (exact) mass is 437 g/mol. The van der Waals surface area contributed by atoms with Crippen molar-refractivity contribution < 1.29 is 24.2 Å². The zero-order valence-electron chi connectivity index (χ0n) is 18.5. The van der Waals surface area contributed by atoms with Gasteiger partial charge in [0, 0.05) is 24.7 Å². The number of oxime groups is 1. The van der Waals surface area contributed by atoms with Crippen LogP contribution in [0.25, 0.3) is 11.1 Å². The van der Waals surface area contributed by atoms with Gasteiger partial charge in [0.05, 0.1) is 43.1 Å². The smallest absolute Gasteiger partial charge is 0.254 e. The molecule has 32 heavy (non-hydrogen) atoms. The second kappa shape index (κ2) is 10.8. The van der Waals surface area contributed by atoms with Crippen LogP contribution in [-0.4, -0.2) is 68.3 Å². The number of rotatable bonds is 8. The summed E-state index contributed by atoms with van der Waals surface area (Å²) < 4.78 is 11.1. The minimum atomic E-state index is -0.358. The van der Waals surface area contributed by atoms with Crippen molar-refractivity contribution >= 4 is 11.6 Å². The summed E-state index contributed by atoms with van der Waals surface area (Å²) in [6, 6.07) is 12.6. The third kappa shape index (κ3) is 4.90. The quantitative estimate of drug-likeness (QED) is 0.503. The van der Waals surface area contributed by atoms with Gasteiger partial charge in [-0.1, -0.05) is 17.3 Å². The fourth-order valence-corrected chi connectivity index (χ4v) is 3.82. The van der Waals surface area contributed by atoms with Gasteiger partial charge in [-0.3, -0.25) is 4.79 Å². The van der Waals surface area contributed by atoms with Crippen molar-refractivity contribution in [3.8, 4) is 22.9 Å². The van der Waals surface area contributed by atoms with E-state index in [-0.39, 0.29) is 18.6 Å². The zero-order valence-corrected chi connectivity index (χ0v) is 18.5. The average molecular weight is 437 g/mol. The highest BCUT2D eigenvalue weighted by atomic mass is 16.6. The standard InChI is InChI=1S/C24H27N3O5/c1-16-18(13-25)5-4-6-21(16)22-8-7-17(11-23(22)32-10-9-30-2)24(29)27-14-19(26-31-3)12-20(27)15-28/h4-8,11,20,28H,9-10,12,14-15H2,1-3H3/b26-19+. The summed E-state index contributed by atoms with van der Waals surface area (Å²) in [4.78, 5) is 19.7. The maximum absolute atomic E-state index is 13.3. The summed E-state index contributed by atoms with van der Waals surface area (Å²) in [5.74, 6) is 0.299. The van der Waals surface area contributed by atoms with Crippen molar-refractivity contribution in [1.29, 1.82) is 5.26 Å². The van der Waals surface area contributed by atoms with Crippen molar-refractivity contribution in [3.05, 3.63) is 53.1 Å². The second-order valence-corrected chi connectivity index (χ2v) is 7.46. The second-order valence-electron chi connectivity index (χ2n) is 7.46. The van der Waals surface area contributed by atoms with Crippen molar-refractivity contribution in [1.82, 2.24) is 4.90 Å². The first kappa shape index (κ1) is 23.3. The Morgan fingerprint density at radius 2 is 2.06 bits per heavy atom. The third-order valence-electron chi connectivity index (χ3n) is 5.47. The molecule has 0 bridgehead atoms. The number of aliphatic hydroxyl groups excluding tert-OH is 1. The van der Waals surface area contributed by atoms with Crippen LogP contribution >= 0.6 is 0 Å². The minimum absolute atomic E-state index is 0.163. The number of hydrogen-bond donors (Lipinski definition) is 1. The molecule has 8 heteroatoms. The molecule has 8 nitrogen and oxygen atoms in total. The van der Waals surface area contributed by atoms with Gasteiger partial charge in [-0.25, -0.2) is 0 Å². The van der Waals surface area contributed by atoms with Crippen molar-refractivity contribution in [2.24, 2.45) is 5.16 Å². The van der Waals surface area contributed by atoms with E-state index in [0.717, 1.165) is 16.7 Å². The van der Waals surface area contributed by atoms with Crippen LogP contribution < -0.4 is 4.74 Å². The molecule has 0 aliphatic carbocycles. The van der Waals surface area contributed by atoms with Crippen LogP contribution in [0.4, 0.5) is 0 Å². The SMILES string of the molecule is COCCOc1cc(C(=O)N2C/C(=N/OC)CC2CO)ccc1-c1cccc(C#N)c1C. The van der Waals surface area contributed by atoms with Crippen LogP contribution in [-0.2, 0) is 9.57 Å². The molecule has 3 rings (SSSR count). The highest BCUT2D eigenvalue weighted by molar-refractivity contribution is 6.01. The van der Waals surface area contributed by atoms with Crippen LogP contribution in [0.2, 0.25) is 0 Å². The predicted octanol–water partition coefficient (Wildman–Crippen LogP) is 2.77. The first-order valence-electron chi connectivity index (χ1n) is 10.3. The molecule has 168 valence electrons. The summed E-state index contributed by atoms with van der Waals surface area (Å²) >= 11 is 0. The maximum Gasteiger partial charge on any atom is 0.254 e. The Kier molecular flexibility index (Phi) is 7.82. The molecule has 0 saturated carbocycles. The summed E-state index contributed by atoms with van der Waals surface area (Å²) in [5.41, 5.74) is 4.21. The molecule has 0 radical (unpaired) electrons.